The molecule has 0 fully saturated rings. The van der Waals surface area contributed by atoms with Crippen LogP contribution >= 0.6 is 0 Å². The molecule has 3 N–H and O–H groups in total. The smallest absolute Gasteiger partial charge is 0.240 e. The standard InChI is InChI=1S/C14H24N2O2S/c1-5-14(3,4)10-16-19(17,18)13-7-6-12(9-15)11(2)8-13/h6-8,16H,5,9-10,15H2,1-4H3. The number of aryl methyl sites for hydroxylation is 1. The SMILES string of the molecule is CCC(C)(C)CNS(=O)(=O)c1ccc(CN)c(C)c1. The second kappa shape index (κ2) is 6.03. The molecule has 1 aromatic carbocycles. The Morgan fingerprint density at radius 2 is 1.95 bits per heavy atom. The topological polar surface area (TPSA) is 72.2 Å². The average Bonchev–Trinajstić information content (AvgIpc) is 2.36. The molecule has 5 heteroatoms. The second-order valence-electron chi connectivity index (χ2n) is 5.63. The van der Waals surface area contributed by atoms with E-state index in [9.17, 15) is 8.42 Å². The van der Waals surface area contributed by atoms with Crippen molar-refractivity contribution < 1.29 is 8.42 Å². The van der Waals surface area contributed by atoms with E-state index < -0.39 is 10.0 Å². The average molecular weight is 284 g/mol. The third-order valence-electron chi connectivity index (χ3n) is 3.54. The van der Waals surface area contributed by atoms with Crippen LogP contribution in [0.3, 0.4) is 0 Å². The van der Waals surface area contributed by atoms with E-state index in [4.69, 9.17) is 5.73 Å². The molecule has 0 unspecified atom stereocenters. The highest BCUT2D eigenvalue weighted by Crippen LogP contribution is 2.20. The van der Waals surface area contributed by atoms with Gasteiger partial charge in [-0.25, -0.2) is 13.1 Å². The van der Waals surface area contributed by atoms with Crippen LogP contribution in [0.5, 0.6) is 0 Å². The van der Waals surface area contributed by atoms with Crippen molar-refractivity contribution in [2.75, 3.05) is 6.54 Å². The monoisotopic (exact) mass is 284 g/mol. The highest BCUT2D eigenvalue weighted by Gasteiger charge is 2.21. The van der Waals surface area contributed by atoms with Crippen LogP contribution in [0.4, 0.5) is 0 Å². The summed E-state index contributed by atoms with van der Waals surface area (Å²) in [5, 5.41) is 0. The van der Waals surface area contributed by atoms with Gasteiger partial charge in [0.1, 0.15) is 0 Å². The zero-order valence-corrected chi connectivity index (χ0v) is 13.0. The van der Waals surface area contributed by atoms with Crippen molar-refractivity contribution in [2.45, 2.75) is 45.6 Å². The lowest BCUT2D eigenvalue weighted by atomic mass is 9.91. The highest BCUT2D eigenvalue weighted by molar-refractivity contribution is 7.89. The molecule has 1 rings (SSSR count). The summed E-state index contributed by atoms with van der Waals surface area (Å²) >= 11 is 0. The van der Waals surface area contributed by atoms with Gasteiger partial charge >= 0.3 is 0 Å². The minimum Gasteiger partial charge on any atom is -0.326 e. The van der Waals surface area contributed by atoms with E-state index in [1.54, 1.807) is 18.2 Å². The molecule has 0 amide bonds. The first-order chi connectivity index (χ1) is 8.72. The number of hydrogen-bond acceptors (Lipinski definition) is 3. The Bertz CT molecular complexity index is 536. The summed E-state index contributed by atoms with van der Waals surface area (Å²) < 4.78 is 27.1. The van der Waals surface area contributed by atoms with Crippen molar-refractivity contribution in [2.24, 2.45) is 11.1 Å². The minimum absolute atomic E-state index is 0.0423. The van der Waals surface area contributed by atoms with Crippen LogP contribution in [0.25, 0.3) is 0 Å². The van der Waals surface area contributed by atoms with E-state index >= 15 is 0 Å². The summed E-state index contributed by atoms with van der Waals surface area (Å²) in [5.74, 6) is 0. The molecule has 1 aromatic rings. The Hall–Kier alpha value is -0.910. The lowest BCUT2D eigenvalue weighted by Gasteiger charge is -2.22. The summed E-state index contributed by atoms with van der Waals surface area (Å²) in [4.78, 5) is 0.300. The van der Waals surface area contributed by atoms with Gasteiger partial charge in [-0.05, 0) is 42.0 Å². The first kappa shape index (κ1) is 16.1. The molecule has 0 heterocycles. The molecule has 0 saturated heterocycles. The zero-order valence-electron chi connectivity index (χ0n) is 12.2. The van der Waals surface area contributed by atoms with E-state index in [2.05, 4.69) is 11.6 Å². The molecule has 0 aliphatic carbocycles. The highest BCUT2D eigenvalue weighted by atomic mass is 32.2. The van der Waals surface area contributed by atoms with Crippen LogP contribution in [0.15, 0.2) is 23.1 Å². The van der Waals surface area contributed by atoms with Crippen LogP contribution < -0.4 is 10.5 Å². The van der Waals surface area contributed by atoms with E-state index in [1.807, 2.05) is 20.8 Å². The maximum atomic E-state index is 12.2. The molecule has 0 aliphatic heterocycles. The first-order valence-electron chi connectivity index (χ1n) is 6.51. The molecule has 0 bridgehead atoms. The molecule has 0 spiro atoms. The second-order valence-corrected chi connectivity index (χ2v) is 7.40. The lowest BCUT2D eigenvalue weighted by Crippen LogP contribution is -2.33. The van der Waals surface area contributed by atoms with Gasteiger partial charge in [-0.1, -0.05) is 26.8 Å². The number of nitrogens with one attached hydrogen (secondary N) is 1. The van der Waals surface area contributed by atoms with Crippen LogP contribution in [0.1, 0.15) is 38.3 Å². The fourth-order valence-corrected chi connectivity index (χ4v) is 2.89. The van der Waals surface area contributed by atoms with Crippen LogP contribution in [-0.4, -0.2) is 15.0 Å². The van der Waals surface area contributed by atoms with Crippen LogP contribution in [-0.2, 0) is 16.6 Å². The van der Waals surface area contributed by atoms with Gasteiger partial charge in [0.25, 0.3) is 0 Å². The Morgan fingerprint density at radius 1 is 1.32 bits per heavy atom. The lowest BCUT2D eigenvalue weighted by molar-refractivity contribution is 0.350. The Morgan fingerprint density at radius 3 is 2.42 bits per heavy atom. The van der Waals surface area contributed by atoms with E-state index in [1.165, 1.54) is 0 Å². The maximum Gasteiger partial charge on any atom is 0.240 e. The summed E-state index contributed by atoms with van der Waals surface area (Å²) in [7, 11) is -3.44. The zero-order chi connectivity index (χ0) is 14.7. The summed E-state index contributed by atoms with van der Waals surface area (Å²) in [6.45, 7) is 8.86. The minimum atomic E-state index is -3.44. The van der Waals surface area contributed by atoms with Gasteiger partial charge in [-0.2, -0.15) is 0 Å². The molecule has 0 radical (unpaired) electrons. The third-order valence-corrected chi connectivity index (χ3v) is 4.94. The van der Waals surface area contributed by atoms with E-state index in [0.717, 1.165) is 17.5 Å². The Kier molecular flexibility index (Phi) is 5.12. The number of benzene rings is 1. The number of nitrogens with two attached hydrogens (primary N) is 1. The molecular weight excluding hydrogens is 260 g/mol. The molecule has 0 aromatic heterocycles. The molecule has 0 saturated carbocycles. The largest absolute Gasteiger partial charge is 0.326 e. The Balaban J connectivity index is 2.92. The van der Waals surface area contributed by atoms with Crippen molar-refractivity contribution in [3.63, 3.8) is 0 Å². The molecule has 4 nitrogen and oxygen atoms in total. The van der Waals surface area contributed by atoms with E-state index in [0.29, 0.717) is 18.0 Å². The molecule has 0 aliphatic rings. The molecule has 19 heavy (non-hydrogen) atoms. The molecule has 0 atom stereocenters. The predicted octanol–water partition coefficient (Wildman–Crippen LogP) is 2.17. The van der Waals surface area contributed by atoms with Gasteiger partial charge in [0.15, 0.2) is 0 Å². The summed E-state index contributed by atoms with van der Waals surface area (Å²) in [6.07, 6.45) is 0.917. The van der Waals surface area contributed by atoms with Gasteiger partial charge in [-0.3, -0.25) is 0 Å². The van der Waals surface area contributed by atoms with Crippen molar-refractivity contribution in [1.82, 2.24) is 4.72 Å². The van der Waals surface area contributed by atoms with Crippen molar-refractivity contribution >= 4 is 10.0 Å². The van der Waals surface area contributed by atoms with Gasteiger partial charge in [0.2, 0.25) is 10.0 Å². The van der Waals surface area contributed by atoms with Gasteiger partial charge in [0, 0.05) is 13.1 Å². The Labute approximate surface area is 116 Å². The fourth-order valence-electron chi connectivity index (χ4n) is 1.56. The maximum absolute atomic E-state index is 12.2. The summed E-state index contributed by atoms with van der Waals surface area (Å²) in [6, 6.07) is 5.05. The number of sulfonamides is 1. The predicted molar refractivity (Wildman–Crippen MR) is 78.3 cm³/mol. The van der Waals surface area contributed by atoms with Crippen LogP contribution in [0.2, 0.25) is 0 Å². The fraction of sp³-hybridized carbons (Fsp3) is 0.571. The van der Waals surface area contributed by atoms with Crippen molar-refractivity contribution in [1.29, 1.82) is 0 Å². The van der Waals surface area contributed by atoms with Gasteiger partial charge in [0.05, 0.1) is 4.90 Å². The number of hydrogen-bond donors (Lipinski definition) is 2. The molecular formula is C14H24N2O2S. The number of rotatable bonds is 6. The van der Waals surface area contributed by atoms with Gasteiger partial charge < -0.3 is 5.73 Å². The van der Waals surface area contributed by atoms with Crippen molar-refractivity contribution in [3.05, 3.63) is 29.3 Å². The van der Waals surface area contributed by atoms with Gasteiger partial charge in [-0.15, -0.1) is 0 Å². The van der Waals surface area contributed by atoms with Crippen molar-refractivity contribution in [3.8, 4) is 0 Å². The quantitative estimate of drug-likeness (QED) is 0.841. The van der Waals surface area contributed by atoms with E-state index in [-0.39, 0.29) is 5.41 Å². The normalized spacial score (nSPS) is 12.7. The third kappa shape index (κ3) is 4.30. The van der Waals surface area contributed by atoms with Crippen LogP contribution in [0, 0.1) is 12.3 Å². The summed E-state index contributed by atoms with van der Waals surface area (Å²) in [5.41, 5.74) is 7.40. The first-order valence-corrected chi connectivity index (χ1v) is 7.99. The molecule has 108 valence electrons.